The maximum Gasteiger partial charge on any atom is 0.0245 e. The van der Waals surface area contributed by atoms with E-state index in [9.17, 15) is 0 Å². The van der Waals surface area contributed by atoms with E-state index in [-0.39, 0.29) is 0 Å². The summed E-state index contributed by atoms with van der Waals surface area (Å²) < 4.78 is 0. The first-order valence-corrected chi connectivity index (χ1v) is 6.96. The zero-order valence-corrected chi connectivity index (χ0v) is 10.8. The summed E-state index contributed by atoms with van der Waals surface area (Å²) in [6.45, 7) is 2.28. The summed E-state index contributed by atoms with van der Waals surface area (Å²) in [6.07, 6.45) is 8.23. The number of benzene rings is 1. The van der Waals surface area contributed by atoms with Gasteiger partial charge in [0.2, 0.25) is 0 Å². The third-order valence-electron chi connectivity index (χ3n) is 3.83. The van der Waals surface area contributed by atoms with Crippen LogP contribution < -0.4 is 0 Å². The Morgan fingerprint density at radius 2 is 1.82 bits per heavy atom. The average Bonchev–Trinajstić information content (AvgIpc) is 2.42. The zero-order chi connectivity index (χ0) is 11.9. The van der Waals surface area contributed by atoms with Crippen molar-refractivity contribution in [1.82, 2.24) is 0 Å². The van der Waals surface area contributed by atoms with E-state index >= 15 is 0 Å². The van der Waals surface area contributed by atoms with Gasteiger partial charge in [0.05, 0.1) is 0 Å². The molecule has 1 aliphatic rings. The summed E-state index contributed by atoms with van der Waals surface area (Å²) in [4.78, 5) is 0. The molecule has 1 aromatic carbocycles. The van der Waals surface area contributed by atoms with Gasteiger partial charge in [0.25, 0.3) is 0 Å². The third kappa shape index (κ3) is 3.63. The van der Waals surface area contributed by atoms with Gasteiger partial charge in [-0.05, 0) is 37.3 Å². The molecule has 1 aliphatic carbocycles. The quantitative estimate of drug-likeness (QED) is 0.644. The first kappa shape index (κ1) is 12.2. The van der Waals surface area contributed by atoms with Gasteiger partial charge in [0.1, 0.15) is 0 Å². The Labute approximate surface area is 105 Å². The Hall–Kier alpha value is -1.22. The van der Waals surface area contributed by atoms with E-state index in [2.05, 4.69) is 43.0 Å². The van der Waals surface area contributed by atoms with Crippen LogP contribution in [0.2, 0.25) is 0 Å². The second kappa shape index (κ2) is 6.50. The second-order valence-corrected chi connectivity index (χ2v) is 5.05. The molecule has 0 unspecified atom stereocenters. The monoisotopic (exact) mass is 226 g/mol. The maximum atomic E-state index is 3.51. The van der Waals surface area contributed by atoms with E-state index in [0.29, 0.717) is 5.92 Å². The average molecular weight is 226 g/mol. The molecule has 0 spiro atoms. The highest BCUT2D eigenvalue weighted by Gasteiger charge is 2.20. The van der Waals surface area contributed by atoms with E-state index in [0.717, 1.165) is 11.5 Å². The first-order valence-electron chi connectivity index (χ1n) is 6.96. The Bertz CT molecular complexity index is 373. The topological polar surface area (TPSA) is 0 Å². The van der Waals surface area contributed by atoms with Crippen molar-refractivity contribution in [1.29, 1.82) is 0 Å². The highest BCUT2D eigenvalue weighted by atomic mass is 14.2. The van der Waals surface area contributed by atoms with Gasteiger partial charge in [-0.1, -0.05) is 56.2 Å². The minimum absolute atomic E-state index is 0.607. The van der Waals surface area contributed by atoms with Crippen LogP contribution in [0, 0.1) is 23.7 Å². The minimum atomic E-state index is 0.607. The molecule has 1 fully saturated rings. The minimum Gasteiger partial charge on any atom is -0.0942 e. The summed E-state index contributed by atoms with van der Waals surface area (Å²) in [5, 5.41) is 0. The van der Waals surface area contributed by atoms with Gasteiger partial charge in [0, 0.05) is 11.5 Å². The van der Waals surface area contributed by atoms with Crippen LogP contribution in [0.1, 0.15) is 51.0 Å². The molecule has 0 heterocycles. The summed E-state index contributed by atoms with van der Waals surface area (Å²) in [7, 11) is 0. The fourth-order valence-corrected chi connectivity index (χ4v) is 2.79. The van der Waals surface area contributed by atoms with E-state index in [4.69, 9.17) is 0 Å². The van der Waals surface area contributed by atoms with E-state index in [1.54, 1.807) is 0 Å². The van der Waals surface area contributed by atoms with Crippen LogP contribution in [0.25, 0.3) is 0 Å². The van der Waals surface area contributed by atoms with Crippen LogP contribution in [0.5, 0.6) is 0 Å². The lowest BCUT2D eigenvalue weighted by Gasteiger charge is -2.26. The Morgan fingerprint density at radius 1 is 1.12 bits per heavy atom. The third-order valence-corrected chi connectivity index (χ3v) is 3.83. The lowest BCUT2D eigenvalue weighted by Crippen LogP contribution is -2.15. The Kier molecular flexibility index (Phi) is 4.68. The molecule has 17 heavy (non-hydrogen) atoms. The Morgan fingerprint density at radius 3 is 2.47 bits per heavy atom. The summed E-state index contributed by atoms with van der Waals surface area (Å²) in [5.74, 6) is 8.31. The normalized spacial score (nSPS) is 18.2. The van der Waals surface area contributed by atoms with Crippen molar-refractivity contribution in [3.8, 4) is 11.8 Å². The highest BCUT2D eigenvalue weighted by Crippen LogP contribution is 2.31. The van der Waals surface area contributed by atoms with Gasteiger partial charge in [-0.3, -0.25) is 0 Å². The van der Waals surface area contributed by atoms with Gasteiger partial charge in [-0.25, -0.2) is 0 Å². The number of hydrogen-bond donors (Lipinski definition) is 0. The van der Waals surface area contributed by atoms with Crippen LogP contribution in [0.15, 0.2) is 30.3 Å². The lowest BCUT2D eigenvalue weighted by atomic mass is 9.79. The van der Waals surface area contributed by atoms with Crippen molar-refractivity contribution < 1.29 is 0 Å². The molecule has 0 heteroatoms. The molecule has 0 amide bonds. The van der Waals surface area contributed by atoms with E-state index in [1.165, 1.54) is 38.5 Å². The molecule has 0 saturated heterocycles. The molecule has 0 nitrogen and oxygen atoms in total. The smallest absolute Gasteiger partial charge is 0.0245 e. The molecule has 0 aromatic heterocycles. The van der Waals surface area contributed by atoms with Gasteiger partial charge in [-0.2, -0.15) is 0 Å². The van der Waals surface area contributed by atoms with Crippen molar-refractivity contribution in [3.63, 3.8) is 0 Å². The van der Waals surface area contributed by atoms with Crippen molar-refractivity contribution in [2.24, 2.45) is 11.8 Å². The molecular formula is C17H22. The molecule has 0 N–H and O–H groups in total. The summed E-state index contributed by atoms with van der Waals surface area (Å²) in [6, 6.07) is 10.4. The molecule has 0 aliphatic heterocycles. The standard InChI is InChI=1S/C17H22/c1-2-16(17-11-7-4-8-12-17)14-13-15-9-5-3-6-10-15/h3,5-6,9-10,16-17H,2,4,7-8,11-12H2,1H3/t16-/m0/s1. The zero-order valence-electron chi connectivity index (χ0n) is 10.8. The second-order valence-electron chi connectivity index (χ2n) is 5.05. The molecule has 1 saturated carbocycles. The van der Waals surface area contributed by atoms with E-state index in [1.807, 2.05) is 6.07 Å². The largest absolute Gasteiger partial charge is 0.0942 e. The predicted molar refractivity (Wildman–Crippen MR) is 73.7 cm³/mol. The van der Waals surface area contributed by atoms with Crippen molar-refractivity contribution >= 4 is 0 Å². The summed E-state index contributed by atoms with van der Waals surface area (Å²) in [5.41, 5.74) is 1.15. The number of rotatable bonds is 2. The maximum absolute atomic E-state index is 3.51. The van der Waals surface area contributed by atoms with Gasteiger partial charge < -0.3 is 0 Å². The molecular weight excluding hydrogens is 204 g/mol. The highest BCUT2D eigenvalue weighted by molar-refractivity contribution is 5.34. The molecule has 90 valence electrons. The van der Waals surface area contributed by atoms with Gasteiger partial charge in [0.15, 0.2) is 0 Å². The van der Waals surface area contributed by atoms with Crippen LogP contribution >= 0.6 is 0 Å². The molecule has 2 rings (SSSR count). The SMILES string of the molecule is CC[C@@H](C#Cc1ccccc1)C1CCCCC1. The van der Waals surface area contributed by atoms with Crippen molar-refractivity contribution in [3.05, 3.63) is 35.9 Å². The van der Waals surface area contributed by atoms with Crippen LogP contribution in [0.4, 0.5) is 0 Å². The first-order chi connectivity index (χ1) is 8.40. The van der Waals surface area contributed by atoms with Crippen LogP contribution in [-0.2, 0) is 0 Å². The van der Waals surface area contributed by atoms with E-state index < -0.39 is 0 Å². The molecule has 1 aromatic rings. The van der Waals surface area contributed by atoms with Crippen molar-refractivity contribution in [2.75, 3.05) is 0 Å². The van der Waals surface area contributed by atoms with Crippen LogP contribution in [-0.4, -0.2) is 0 Å². The predicted octanol–water partition coefficient (Wildman–Crippen LogP) is 4.64. The molecule has 0 radical (unpaired) electrons. The van der Waals surface area contributed by atoms with Crippen molar-refractivity contribution in [2.45, 2.75) is 45.4 Å². The number of hydrogen-bond acceptors (Lipinski definition) is 0. The molecule has 0 bridgehead atoms. The van der Waals surface area contributed by atoms with Gasteiger partial charge in [-0.15, -0.1) is 0 Å². The lowest BCUT2D eigenvalue weighted by molar-refractivity contribution is 0.288. The van der Waals surface area contributed by atoms with Gasteiger partial charge >= 0.3 is 0 Å². The fourth-order valence-electron chi connectivity index (χ4n) is 2.79. The van der Waals surface area contributed by atoms with Crippen LogP contribution in [0.3, 0.4) is 0 Å². The fraction of sp³-hybridized carbons (Fsp3) is 0.529. The molecule has 1 atom stereocenters. The summed E-state index contributed by atoms with van der Waals surface area (Å²) >= 11 is 0. The Balaban J connectivity index is 2.02.